The second-order valence-corrected chi connectivity index (χ2v) is 7.46. The van der Waals surface area contributed by atoms with Crippen molar-refractivity contribution in [1.29, 1.82) is 10.5 Å². The van der Waals surface area contributed by atoms with Crippen LogP contribution in [0.5, 0.6) is 0 Å². The average Bonchev–Trinajstić information content (AvgIpc) is 3.03. The number of fused-ring (bicyclic) bond motifs is 1. The van der Waals surface area contributed by atoms with E-state index in [0.717, 1.165) is 10.6 Å². The quantitative estimate of drug-likeness (QED) is 0.493. The molecule has 1 aliphatic heterocycles. The van der Waals surface area contributed by atoms with Crippen molar-refractivity contribution in [3.05, 3.63) is 46.5 Å². The zero-order chi connectivity index (χ0) is 25.0. The van der Waals surface area contributed by atoms with E-state index < -0.39 is 11.8 Å². The maximum Gasteiger partial charge on any atom is 0.262 e. The Morgan fingerprint density at radius 2 is 1.91 bits per heavy atom. The predicted octanol–water partition coefficient (Wildman–Crippen LogP) is 3.11. The molecular formula is C23H21N7O4. The van der Waals surface area contributed by atoms with E-state index in [0.29, 0.717) is 18.8 Å². The fourth-order valence-corrected chi connectivity index (χ4v) is 3.40. The lowest BCUT2D eigenvalue weighted by Gasteiger charge is -2.20. The molecule has 0 bridgehead atoms. The van der Waals surface area contributed by atoms with Crippen LogP contribution in [0.1, 0.15) is 38.8 Å². The van der Waals surface area contributed by atoms with Crippen LogP contribution in [0, 0.1) is 22.7 Å². The Bertz CT molecular complexity index is 1300. The standard InChI is InChI=1S/C23H21N7O4/c1-13(31)26-19-10-15(29(2)7-8-34-4)5-6-18(19)27-28-21-14(11-24)9-16-20(17(21)12-25)23(33)30(3)22(16)32/h5-6,9-10H,7-8H2,1-4H3,(H,26,31). The van der Waals surface area contributed by atoms with Crippen molar-refractivity contribution in [2.75, 3.05) is 44.6 Å². The van der Waals surface area contributed by atoms with Gasteiger partial charge in [-0.2, -0.15) is 10.5 Å². The molecule has 172 valence electrons. The molecule has 34 heavy (non-hydrogen) atoms. The summed E-state index contributed by atoms with van der Waals surface area (Å²) in [5.41, 5.74) is 0.872. The van der Waals surface area contributed by atoms with Gasteiger partial charge in [0.2, 0.25) is 5.91 Å². The number of imide groups is 1. The van der Waals surface area contributed by atoms with E-state index in [1.165, 1.54) is 20.0 Å². The number of nitriles is 2. The van der Waals surface area contributed by atoms with Crippen LogP contribution in [0.25, 0.3) is 0 Å². The van der Waals surface area contributed by atoms with Crippen molar-refractivity contribution in [1.82, 2.24) is 4.90 Å². The summed E-state index contributed by atoms with van der Waals surface area (Å²) in [6.07, 6.45) is 0. The summed E-state index contributed by atoms with van der Waals surface area (Å²) in [5.74, 6) is -1.58. The number of azo groups is 1. The molecule has 1 heterocycles. The highest BCUT2D eigenvalue weighted by Crippen LogP contribution is 2.37. The highest BCUT2D eigenvalue weighted by molar-refractivity contribution is 6.23. The number of benzene rings is 2. The number of hydrogen-bond donors (Lipinski definition) is 1. The summed E-state index contributed by atoms with van der Waals surface area (Å²) in [6.45, 7) is 2.48. The van der Waals surface area contributed by atoms with E-state index in [-0.39, 0.29) is 39.5 Å². The van der Waals surface area contributed by atoms with Gasteiger partial charge in [-0.3, -0.25) is 19.3 Å². The number of methoxy groups -OCH3 is 1. The minimum absolute atomic E-state index is 0.0260. The minimum atomic E-state index is -0.653. The third kappa shape index (κ3) is 4.46. The Morgan fingerprint density at radius 1 is 1.18 bits per heavy atom. The molecule has 0 radical (unpaired) electrons. The number of carbonyl (C=O) groups is 3. The third-order valence-corrected chi connectivity index (χ3v) is 5.21. The third-order valence-electron chi connectivity index (χ3n) is 5.21. The molecule has 0 aromatic heterocycles. The van der Waals surface area contributed by atoms with Crippen LogP contribution in [-0.4, -0.2) is 57.0 Å². The van der Waals surface area contributed by atoms with E-state index in [2.05, 4.69) is 15.5 Å². The van der Waals surface area contributed by atoms with Gasteiger partial charge in [0.1, 0.15) is 23.5 Å². The first-order valence-electron chi connectivity index (χ1n) is 10.1. The average molecular weight is 459 g/mol. The summed E-state index contributed by atoms with van der Waals surface area (Å²) >= 11 is 0. The van der Waals surface area contributed by atoms with Gasteiger partial charge in [-0.25, -0.2) is 0 Å². The number of hydrogen-bond acceptors (Lipinski definition) is 9. The lowest BCUT2D eigenvalue weighted by molar-refractivity contribution is -0.114. The molecule has 1 aliphatic rings. The molecule has 2 aromatic carbocycles. The van der Waals surface area contributed by atoms with Crippen LogP contribution in [0.2, 0.25) is 0 Å². The first-order chi connectivity index (χ1) is 16.2. The van der Waals surface area contributed by atoms with Crippen molar-refractivity contribution >= 4 is 40.5 Å². The summed E-state index contributed by atoms with van der Waals surface area (Å²) in [5, 5.41) is 30.2. The minimum Gasteiger partial charge on any atom is -0.383 e. The van der Waals surface area contributed by atoms with Gasteiger partial charge >= 0.3 is 0 Å². The van der Waals surface area contributed by atoms with Crippen LogP contribution in [0.4, 0.5) is 22.7 Å². The van der Waals surface area contributed by atoms with Gasteiger partial charge in [0.05, 0.1) is 34.5 Å². The maximum atomic E-state index is 12.5. The summed E-state index contributed by atoms with van der Waals surface area (Å²) in [6, 6.07) is 10.1. The Balaban J connectivity index is 2.10. The lowest BCUT2D eigenvalue weighted by atomic mass is 9.97. The van der Waals surface area contributed by atoms with Crippen molar-refractivity contribution < 1.29 is 19.1 Å². The molecule has 0 saturated heterocycles. The van der Waals surface area contributed by atoms with Crippen LogP contribution in [0.15, 0.2) is 34.5 Å². The summed E-state index contributed by atoms with van der Waals surface area (Å²) in [7, 11) is 4.76. The van der Waals surface area contributed by atoms with Crippen molar-refractivity contribution in [2.45, 2.75) is 6.92 Å². The van der Waals surface area contributed by atoms with Crippen LogP contribution in [-0.2, 0) is 9.53 Å². The molecule has 3 rings (SSSR count). The summed E-state index contributed by atoms with van der Waals surface area (Å²) in [4.78, 5) is 39.4. The van der Waals surface area contributed by atoms with Gasteiger partial charge in [0.15, 0.2) is 0 Å². The lowest BCUT2D eigenvalue weighted by Crippen LogP contribution is -2.24. The molecule has 0 atom stereocenters. The van der Waals surface area contributed by atoms with E-state index in [9.17, 15) is 24.9 Å². The molecule has 0 spiro atoms. The van der Waals surface area contributed by atoms with Crippen LogP contribution in [0.3, 0.4) is 0 Å². The van der Waals surface area contributed by atoms with Gasteiger partial charge in [-0.15, -0.1) is 10.2 Å². The van der Waals surface area contributed by atoms with Crippen LogP contribution < -0.4 is 10.2 Å². The number of anilines is 2. The predicted molar refractivity (Wildman–Crippen MR) is 122 cm³/mol. The number of rotatable bonds is 7. The van der Waals surface area contributed by atoms with E-state index >= 15 is 0 Å². The number of nitrogens with zero attached hydrogens (tertiary/aromatic N) is 6. The number of carbonyl (C=O) groups excluding carboxylic acids is 3. The first kappa shape index (κ1) is 24.0. The molecule has 11 nitrogen and oxygen atoms in total. The number of amides is 3. The second kappa shape index (κ2) is 9.90. The van der Waals surface area contributed by atoms with Gasteiger partial charge < -0.3 is 15.0 Å². The molecule has 0 fully saturated rings. The van der Waals surface area contributed by atoms with E-state index in [4.69, 9.17) is 4.74 Å². The normalized spacial score (nSPS) is 12.5. The molecule has 0 unspecified atom stereocenters. The van der Waals surface area contributed by atoms with Crippen molar-refractivity contribution in [2.24, 2.45) is 10.2 Å². The van der Waals surface area contributed by atoms with Crippen molar-refractivity contribution in [3.8, 4) is 12.1 Å². The van der Waals surface area contributed by atoms with Gasteiger partial charge in [0.25, 0.3) is 11.8 Å². The van der Waals surface area contributed by atoms with E-state index in [1.807, 2.05) is 24.1 Å². The molecule has 0 aliphatic carbocycles. The zero-order valence-electron chi connectivity index (χ0n) is 19.0. The first-order valence-corrected chi connectivity index (χ1v) is 10.1. The largest absolute Gasteiger partial charge is 0.383 e. The highest BCUT2D eigenvalue weighted by Gasteiger charge is 2.37. The Kier molecular flexibility index (Phi) is 7.00. The topological polar surface area (TPSA) is 151 Å². The van der Waals surface area contributed by atoms with E-state index in [1.54, 1.807) is 25.3 Å². The van der Waals surface area contributed by atoms with Crippen molar-refractivity contribution in [3.63, 3.8) is 0 Å². The van der Waals surface area contributed by atoms with Crippen LogP contribution >= 0.6 is 0 Å². The molecular weight excluding hydrogens is 438 g/mol. The fourth-order valence-electron chi connectivity index (χ4n) is 3.40. The number of likely N-dealkylation sites (N-methyl/N-ethyl adjacent to an activating group) is 1. The van der Waals surface area contributed by atoms with Gasteiger partial charge in [-0.1, -0.05) is 0 Å². The Hall–Kier alpha value is -4.61. The smallest absolute Gasteiger partial charge is 0.262 e. The fraction of sp³-hybridized carbons (Fsp3) is 0.261. The second-order valence-electron chi connectivity index (χ2n) is 7.46. The molecule has 1 N–H and O–H groups in total. The maximum absolute atomic E-state index is 12.5. The van der Waals surface area contributed by atoms with Gasteiger partial charge in [0, 0.05) is 40.4 Å². The molecule has 11 heteroatoms. The number of nitrogens with one attached hydrogen (secondary N) is 1. The SMILES string of the molecule is COCCN(C)c1ccc(N=Nc2c(C#N)cc3c(c2C#N)C(=O)N(C)C3=O)c(NC(C)=O)c1. The zero-order valence-corrected chi connectivity index (χ0v) is 19.0. The Morgan fingerprint density at radius 3 is 2.53 bits per heavy atom. The monoisotopic (exact) mass is 459 g/mol. The molecule has 0 saturated carbocycles. The Labute approximate surface area is 195 Å². The molecule has 3 amide bonds. The van der Waals surface area contributed by atoms with Gasteiger partial charge in [-0.05, 0) is 24.3 Å². The number of ether oxygens (including phenoxy) is 1. The molecule has 2 aromatic rings. The summed E-state index contributed by atoms with van der Waals surface area (Å²) < 4.78 is 5.09. The highest BCUT2D eigenvalue weighted by atomic mass is 16.5.